The molecule has 1 unspecified atom stereocenters. The fraction of sp³-hybridized carbons (Fsp3) is 0.625. The predicted octanol–water partition coefficient (Wildman–Crippen LogP) is 3.13. The Labute approximate surface area is 120 Å². The molecule has 1 aliphatic rings. The predicted molar refractivity (Wildman–Crippen MR) is 77.4 cm³/mol. The first kappa shape index (κ1) is 15.3. The van der Waals surface area contributed by atoms with E-state index < -0.39 is 0 Å². The second kappa shape index (κ2) is 7.60. The van der Waals surface area contributed by atoms with Gasteiger partial charge in [0, 0.05) is 19.2 Å². The molecule has 0 spiro atoms. The normalized spacial score (nSPS) is 18.7. The summed E-state index contributed by atoms with van der Waals surface area (Å²) in [5.41, 5.74) is 0.910. The van der Waals surface area contributed by atoms with Crippen LogP contribution < -0.4 is 10.1 Å². The minimum Gasteiger partial charge on any atom is -0.491 e. The summed E-state index contributed by atoms with van der Waals surface area (Å²) in [4.78, 5) is 0. The van der Waals surface area contributed by atoms with Gasteiger partial charge in [-0.2, -0.15) is 0 Å². The maximum atomic E-state index is 13.6. The van der Waals surface area contributed by atoms with E-state index in [1.165, 1.54) is 6.07 Å². The molecular formula is C16H24FNO2. The van der Waals surface area contributed by atoms with Crippen LogP contribution in [0.25, 0.3) is 0 Å². The van der Waals surface area contributed by atoms with Crippen LogP contribution in [0.4, 0.5) is 4.39 Å². The molecule has 0 bridgehead atoms. The number of benzene rings is 1. The molecule has 0 aliphatic carbocycles. The summed E-state index contributed by atoms with van der Waals surface area (Å²) in [6.07, 6.45) is 2.26. The summed E-state index contributed by atoms with van der Waals surface area (Å²) in [5.74, 6) is 0.914. The summed E-state index contributed by atoms with van der Waals surface area (Å²) in [6.45, 7) is 7.18. The summed E-state index contributed by atoms with van der Waals surface area (Å²) in [6, 6.07) is 4.87. The Morgan fingerprint density at radius 2 is 2.25 bits per heavy atom. The zero-order valence-corrected chi connectivity index (χ0v) is 12.3. The molecule has 112 valence electrons. The minimum absolute atomic E-state index is 0.154. The van der Waals surface area contributed by atoms with Crippen molar-refractivity contribution < 1.29 is 13.9 Å². The minimum atomic E-state index is -0.254. The monoisotopic (exact) mass is 281 g/mol. The van der Waals surface area contributed by atoms with Gasteiger partial charge in [-0.1, -0.05) is 13.8 Å². The van der Waals surface area contributed by atoms with Gasteiger partial charge < -0.3 is 14.8 Å². The van der Waals surface area contributed by atoms with E-state index in [0.717, 1.165) is 31.6 Å². The lowest BCUT2D eigenvalue weighted by molar-refractivity contribution is 0.0678. The smallest absolute Gasteiger partial charge is 0.127 e. The molecule has 1 aliphatic heterocycles. The number of hydrogen-bond acceptors (Lipinski definition) is 3. The molecule has 4 heteroatoms. The first-order chi connectivity index (χ1) is 9.63. The highest BCUT2D eigenvalue weighted by Crippen LogP contribution is 2.19. The molecule has 1 saturated heterocycles. The SMILES string of the molecule is CC(C)CNCc1cc(F)cc(OCC2CCCO2)c1. The molecule has 0 aromatic heterocycles. The Morgan fingerprint density at radius 3 is 2.95 bits per heavy atom. The zero-order valence-electron chi connectivity index (χ0n) is 12.3. The standard InChI is InChI=1S/C16H24FNO2/c1-12(2)9-18-10-13-6-14(17)8-16(7-13)20-11-15-4-3-5-19-15/h6-8,12,15,18H,3-5,9-11H2,1-2H3. The Morgan fingerprint density at radius 1 is 1.40 bits per heavy atom. The van der Waals surface area contributed by atoms with Crippen LogP contribution in [-0.2, 0) is 11.3 Å². The van der Waals surface area contributed by atoms with Gasteiger partial charge in [0.2, 0.25) is 0 Å². The summed E-state index contributed by atoms with van der Waals surface area (Å²) >= 11 is 0. The van der Waals surface area contributed by atoms with E-state index in [4.69, 9.17) is 9.47 Å². The van der Waals surface area contributed by atoms with E-state index in [0.29, 0.717) is 24.8 Å². The van der Waals surface area contributed by atoms with Crippen LogP contribution in [-0.4, -0.2) is 25.9 Å². The molecule has 1 fully saturated rings. The third kappa shape index (κ3) is 5.10. The van der Waals surface area contributed by atoms with Gasteiger partial charge in [0.15, 0.2) is 0 Å². The molecule has 1 atom stereocenters. The van der Waals surface area contributed by atoms with Crippen molar-refractivity contribution in [1.82, 2.24) is 5.32 Å². The summed E-state index contributed by atoms with van der Waals surface area (Å²) in [7, 11) is 0. The van der Waals surface area contributed by atoms with Gasteiger partial charge in [0.05, 0.1) is 6.10 Å². The van der Waals surface area contributed by atoms with E-state index in [2.05, 4.69) is 19.2 Å². The van der Waals surface area contributed by atoms with Crippen LogP contribution in [0.5, 0.6) is 5.75 Å². The van der Waals surface area contributed by atoms with Crippen LogP contribution >= 0.6 is 0 Å². The molecule has 0 saturated carbocycles. The fourth-order valence-electron chi connectivity index (χ4n) is 2.28. The number of nitrogens with one attached hydrogen (secondary N) is 1. The summed E-state index contributed by atoms with van der Waals surface area (Å²) < 4.78 is 24.7. The van der Waals surface area contributed by atoms with E-state index >= 15 is 0 Å². The van der Waals surface area contributed by atoms with Crippen molar-refractivity contribution in [3.8, 4) is 5.75 Å². The van der Waals surface area contributed by atoms with Gasteiger partial charge in [-0.3, -0.25) is 0 Å². The molecule has 1 aromatic carbocycles. The van der Waals surface area contributed by atoms with Crippen LogP contribution in [0.1, 0.15) is 32.3 Å². The first-order valence-corrected chi connectivity index (χ1v) is 7.38. The van der Waals surface area contributed by atoms with Crippen molar-refractivity contribution in [2.24, 2.45) is 5.92 Å². The lowest BCUT2D eigenvalue weighted by atomic mass is 10.2. The quantitative estimate of drug-likeness (QED) is 0.833. The van der Waals surface area contributed by atoms with Crippen LogP contribution in [0.15, 0.2) is 18.2 Å². The molecule has 1 N–H and O–H groups in total. The van der Waals surface area contributed by atoms with E-state index in [1.54, 1.807) is 6.07 Å². The average Bonchev–Trinajstić information content (AvgIpc) is 2.88. The van der Waals surface area contributed by atoms with Crippen molar-refractivity contribution in [2.75, 3.05) is 19.8 Å². The second-order valence-corrected chi connectivity index (χ2v) is 5.77. The third-order valence-corrected chi connectivity index (χ3v) is 3.27. The van der Waals surface area contributed by atoms with E-state index in [9.17, 15) is 4.39 Å². The zero-order chi connectivity index (χ0) is 14.4. The van der Waals surface area contributed by atoms with Gasteiger partial charge in [-0.15, -0.1) is 0 Å². The van der Waals surface area contributed by atoms with Gasteiger partial charge in [0.1, 0.15) is 18.2 Å². The highest BCUT2D eigenvalue weighted by atomic mass is 19.1. The maximum Gasteiger partial charge on any atom is 0.127 e. The second-order valence-electron chi connectivity index (χ2n) is 5.77. The highest BCUT2D eigenvalue weighted by molar-refractivity contribution is 5.29. The maximum absolute atomic E-state index is 13.6. The molecule has 2 rings (SSSR count). The Bertz CT molecular complexity index is 417. The van der Waals surface area contributed by atoms with Crippen molar-refractivity contribution in [1.29, 1.82) is 0 Å². The Balaban J connectivity index is 1.86. The van der Waals surface area contributed by atoms with Gasteiger partial charge in [-0.05, 0) is 43.0 Å². The lowest BCUT2D eigenvalue weighted by Gasteiger charge is -2.13. The molecule has 1 aromatic rings. The molecule has 0 radical (unpaired) electrons. The Kier molecular flexibility index (Phi) is 5.80. The number of ether oxygens (including phenoxy) is 2. The lowest BCUT2D eigenvalue weighted by Crippen LogP contribution is -2.19. The molecule has 0 amide bonds. The van der Waals surface area contributed by atoms with E-state index in [-0.39, 0.29) is 11.9 Å². The van der Waals surface area contributed by atoms with Gasteiger partial charge in [0.25, 0.3) is 0 Å². The molecular weight excluding hydrogens is 257 g/mol. The van der Waals surface area contributed by atoms with Crippen LogP contribution in [0.2, 0.25) is 0 Å². The fourth-order valence-corrected chi connectivity index (χ4v) is 2.28. The topological polar surface area (TPSA) is 30.5 Å². The van der Waals surface area contributed by atoms with Crippen molar-refractivity contribution in [2.45, 2.75) is 39.3 Å². The molecule has 1 heterocycles. The van der Waals surface area contributed by atoms with Crippen LogP contribution in [0, 0.1) is 11.7 Å². The van der Waals surface area contributed by atoms with Gasteiger partial charge >= 0.3 is 0 Å². The van der Waals surface area contributed by atoms with Crippen molar-refractivity contribution in [3.63, 3.8) is 0 Å². The molecule has 3 nitrogen and oxygen atoms in total. The first-order valence-electron chi connectivity index (χ1n) is 7.38. The third-order valence-electron chi connectivity index (χ3n) is 3.27. The highest BCUT2D eigenvalue weighted by Gasteiger charge is 2.16. The average molecular weight is 281 g/mol. The number of hydrogen-bond donors (Lipinski definition) is 1. The molecule has 20 heavy (non-hydrogen) atoms. The van der Waals surface area contributed by atoms with Crippen molar-refractivity contribution >= 4 is 0 Å². The van der Waals surface area contributed by atoms with Crippen molar-refractivity contribution in [3.05, 3.63) is 29.6 Å². The largest absolute Gasteiger partial charge is 0.491 e. The van der Waals surface area contributed by atoms with Crippen LogP contribution in [0.3, 0.4) is 0 Å². The number of rotatable bonds is 7. The summed E-state index contributed by atoms with van der Waals surface area (Å²) in [5, 5.41) is 3.31. The van der Waals surface area contributed by atoms with E-state index in [1.807, 2.05) is 6.07 Å². The van der Waals surface area contributed by atoms with Gasteiger partial charge in [-0.25, -0.2) is 4.39 Å². The number of halogens is 1. The Hall–Kier alpha value is -1.13.